The Morgan fingerprint density at radius 2 is 2.24 bits per heavy atom. The number of halogens is 1. The Balaban J connectivity index is 2.39. The molecular weight excluding hydrogens is 241 g/mol. The molecule has 0 aliphatic carbocycles. The van der Waals surface area contributed by atoms with Crippen molar-refractivity contribution in [3.63, 3.8) is 0 Å². The highest BCUT2D eigenvalue weighted by atomic mass is 32.2. The van der Waals surface area contributed by atoms with Gasteiger partial charge in [-0.15, -0.1) is 0 Å². The van der Waals surface area contributed by atoms with Gasteiger partial charge in [-0.25, -0.2) is 14.1 Å². The highest BCUT2D eigenvalue weighted by Crippen LogP contribution is 2.33. The Labute approximate surface area is 102 Å². The number of rotatable bonds is 3. The molecule has 1 N–H and O–H groups in total. The van der Waals surface area contributed by atoms with Crippen LogP contribution in [0.25, 0.3) is 0 Å². The standard InChI is InChI=1S/C11H12FN3OS/c1-7(16)10-8(12)4-3-5-9(10)17-11-13-6-14-15(11)2/h3-7,16H,1-2H3/t7-/m0/s1. The fourth-order valence-electron chi connectivity index (χ4n) is 1.49. The van der Waals surface area contributed by atoms with Gasteiger partial charge in [0.15, 0.2) is 5.16 Å². The summed E-state index contributed by atoms with van der Waals surface area (Å²) in [7, 11) is 1.76. The quantitative estimate of drug-likeness (QED) is 0.910. The highest BCUT2D eigenvalue weighted by molar-refractivity contribution is 7.99. The second-order valence-electron chi connectivity index (χ2n) is 3.60. The van der Waals surface area contributed by atoms with E-state index in [0.717, 1.165) is 0 Å². The monoisotopic (exact) mass is 253 g/mol. The summed E-state index contributed by atoms with van der Waals surface area (Å²) >= 11 is 1.28. The SMILES string of the molecule is C[C@H](O)c1c(F)cccc1Sc1ncnn1C. The van der Waals surface area contributed by atoms with Crippen molar-refractivity contribution in [2.75, 3.05) is 0 Å². The van der Waals surface area contributed by atoms with Crippen LogP contribution in [0.3, 0.4) is 0 Å². The first-order valence-corrected chi connectivity index (χ1v) is 5.89. The third-order valence-corrected chi connectivity index (χ3v) is 3.43. The van der Waals surface area contributed by atoms with E-state index >= 15 is 0 Å². The highest BCUT2D eigenvalue weighted by Gasteiger charge is 2.15. The van der Waals surface area contributed by atoms with Gasteiger partial charge in [-0.2, -0.15) is 5.10 Å². The molecule has 2 rings (SSSR count). The number of benzene rings is 1. The molecule has 1 aromatic heterocycles. The third kappa shape index (κ3) is 2.48. The number of hydrogen-bond acceptors (Lipinski definition) is 4. The molecule has 1 heterocycles. The zero-order valence-electron chi connectivity index (χ0n) is 9.46. The number of aliphatic hydroxyl groups is 1. The Morgan fingerprint density at radius 1 is 1.47 bits per heavy atom. The average Bonchev–Trinajstić information content (AvgIpc) is 2.64. The maximum absolute atomic E-state index is 13.6. The zero-order valence-corrected chi connectivity index (χ0v) is 10.3. The maximum atomic E-state index is 13.6. The van der Waals surface area contributed by atoms with Crippen molar-refractivity contribution in [2.45, 2.75) is 23.1 Å². The van der Waals surface area contributed by atoms with Crippen LogP contribution in [0.1, 0.15) is 18.6 Å². The van der Waals surface area contributed by atoms with Gasteiger partial charge in [0.05, 0.1) is 6.10 Å². The molecule has 0 aliphatic rings. The molecule has 1 aromatic carbocycles. The second-order valence-corrected chi connectivity index (χ2v) is 4.61. The molecule has 0 aliphatic heterocycles. The summed E-state index contributed by atoms with van der Waals surface area (Å²) in [5, 5.41) is 14.2. The van der Waals surface area contributed by atoms with Crippen molar-refractivity contribution in [1.29, 1.82) is 0 Å². The van der Waals surface area contributed by atoms with Crippen molar-refractivity contribution >= 4 is 11.8 Å². The normalized spacial score (nSPS) is 12.7. The molecule has 0 radical (unpaired) electrons. The Morgan fingerprint density at radius 3 is 2.82 bits per heavy atom. The fourth-order valence-corrected chi connectivity index (χ4v) is 2.49. The van der Waals surface area contributed by atoms with E-state index in [1.165, 1.54) is 24.2 Å². The van der Waals surface area contributed by atoms with E-state index in [2.05, 4.69) is 10.1 Å². The predicted molar refractivity (Wildman–Crippen MR) is 62.2 cm³/mol. The van der Waals surface area contributed by atoms with Crippen LogP contribution in [0.15, 0.2) is 34.6 Å². The molecule has 0 unspecified atom stereocenters. The summed E-state index contributed by atoms with van der Waals surface area (Å²) in [5.74, 6) is -0.410. The van der Waals surface area contributed by atoms with Crippen molar-refractivity contribution in [3.05, 3.63) is 35.9 Å². The fraction of sp³-hybridized carbons (Fsp3) is 0.273. The van der Waals surface area contributed by atoms with Gasteiger partial charge in [0, 0.05) is 17.5 Å². The van der Waals surface area contributed by atoms with Crippen molar-refractivity contribution < 1.29 is 9.50 Å². The molecular formula is C11H12FN3OS. The van der Waals surface area contributed by atoms with Crippen LogP contribution in [0.2, 0.25) is 0 Å². The van der Waals surface area contributed by atoms with Gasteiger partial charge >= 0.3 is 0 Å². The lowest BCUT2D eigenvalue weighted by molar-refractivity contribution is 0.191. The van der Waals surface area contributed by atoms with E-state index in [1.54, 1.807) is 30.8 Å². The van der Waals surface area contributed by atoms with Crippen LogP contribution in [-0.4, -0.2) is 19.9 Å². The van der Waals surface area contributed by atoms with Crippen molar-refractivity contribution in [2.24, 2.45) is 7.05 Å². The van der Waals surface area contributed by atoms with E-state index < -0.39 is 11.9 Å². The van der Waals surface area contributed by atoms with E-state index in [0.29, 0.717) is 15.6 Å². The van der Waals surface area contributed by atoms with Gasteiger partial charge in [-0.05, 0) is 30.8 Å². The summed E-state index contributed by atoms with van der Waals surface area (Å²) in [5.41, 5.74) is 0.292. The maximum Gasteiger partial charge on any atom is 0.190 e. The molecule has 6 heteroatoms. The molecule has 0 saturated carbocycles. The molecule has 0 spiro atoms. The first-order valence-electron chi connectivity index (χ1n) is 5.08. The lowest BCUT2D eigenvalue weighted by Gasteiger charge is -2.11. The molecule has 17 heavy (non-hydrogen) atoms. The largest absolute Gasteiger partial charge is 0.389 e. The van der Waals surface area contributed by atoms with Gasteiger partial charge < -0.3 is 5.11 Å². The Kier molecular flexibility index (Phi) is 3.44. The number of aromatic nitrogens is 3. The number of aliphatic hydroxyl groups excluding tert-OH is 1. The van der Waals surface area contributed by atoms with Crippen molar-refractivity contribution in [3.8, 4) is 0 Å². The van der Waals surface area contributed by atoms with Gasteiger partial charge in [0.25, 0.3) is 0 Å². The molecule has 4 nitrogen and oxygen atoms in total. The third-order valence-electron chi connectivity index (χ3n) is 2.30. The van der Waals surface area contributed by atoms with E-state index in [9.17, 15) is 9.50 Å². The van der Waals surface area contributed by atoms with E-state index in [4.69, 9.17) is 0 Å². The minimum Gasteiger partial charge on any atom is -0.389 e. The predicted octanol–water partition coefficient (Wildman–Crippen LogP) is 2.16. The second kappa shape index (κ2) is 4.85. The molecule has 0 bridgehead atoms. The topological polar surface area (TPSA) is 50.9 Å². The number of aryl methyl sites for hydroxylation is 1. The number of nitrogens with zero attached hydrogens (tertiary/aromatic N) is 3. The Bertz CT molecular complexity index is 527. The van der Waals surface area contributed by atoms with E-state index in [1.807, 2.05) is 0 Å². The Hall–Kier alpha value is -1.40. The summed E-state index contributed by atoms with van der Waals surface area (Å²) in [6.45, 7) is 1.54. The van der Waals surface area contributed by atoms with Crippen molar-refractivity contribution in [1.82, 2.24) is 14.8 Å². The smallest absolute Gasteiger partial charge is 0.190 e. The van der Waals surface area contributed by atoms with Gasteiger partial charge in [-0.1, -0.05) is 6.07 Å². The lowest BCUT2D eigenvalue weighted by atomic mass is 10.1. The molecule has 1 atom stereocenters. The summed E-state index contributed by atoms with van der Waals surface area (Å²) in [6, 6.07) is 4.70. The number of hydrogen-bond donors (Lipinski definition) is 1. The van der Waals surface area contributed by atoms with Crippen LogP contribution in [0.4, 0.5) is 4.39 Å². The lowest BCUT2D eigenvalue weighted by Crippen LogP contribution is -2.00. The van der Waals surface area contributed by atoms with Crippen LogP contribution in [0, 0.1) is 5.82 Å². The first kappa shape index (κ1) is 12.1. The van der Waals surface area contributed by atoms with Crippen LogP contribution < -0.4 is 0 Å². The molecule has 0 fully saturated rings. The average molecular weight is 253 g/mol. The molecule has 0 amide bonds. The molecule has 2 aromatic rings. The van der Waals surface area contributed by atoms with Crippen LogP contribution in [0.5, 0.6) is 0 Å². The van der Waals surface area contributed by atoms with Gasteiger partial charge in [0.1, 0.15) is 12.1 Å². The summed E-state index contributed by atoms with van der Waals surface area (Å²) in [4.78, 5) is 4.70. The van der Waals surface area contributed by atoms with Crippen LogP contribution in [-0.2, 0) is 7.05 Å². The van der Waals surface area contributed by atoms with E-state index in [-0.39, 0.29) is 0 Å². The van der Waals surface area contributed by atoms with Gasteiger partial charge in [-0.3, -0.25) is 0 Å². The minimum absolute atomic E-state index is 0.292. The van der Waals surface area contributed by atoms with Gasteiger partial charge in [0.2, 0.25) is 0 Å². The summed E-state index contributed by atoms with van der Waals surface area (Å²) < 4.78 is 15.2. The minimum atomic E-state index is -0.855. The molecule has 0 saturated heterocycles. The summed E-state index contributed by atoms with van der Waals surface area (Å²) in [6.07, 6.45) is 0.580. The molecule has 90 valence electrons. The van der Waals surface area contributed by atoms with Crippen LogP contribution >= 0.6 is 11.8 Å². The zero-order chi connectivity index (χ0) is 12.4. The first-order chi connectivity index (χ1) is 8.09.